The van der Waals surface area contributed by atoms with E-state index in [0.717, 1.165) is 0 Å². The van der Waals surface area contributed by atoms with Crippen LogP contribution in [0.3, 0.4) is 0 Å². The van der Waals surface area contributed by atoms with E-state index >= 15 is 0 Å². The lowest BCUT2D eigenvalue weighted by Crippen LogP contribution is -2.15. The number of hydrogen-bond donors (Lipinski definition) is 1. The number of hydrogen-bond acceptors (Lipinski definition) is 2. The van der Waals surface area contributed by atoms with Gasteiger partial charge in [-0.05, 0) is 13.0 Å². The van der Waals surface area contributed by atoms with Gasteiger partial charge in [0.2, 0.25) is 5.82 Å². The molecule has 2 aromatic rings. The van der Waals surface area contributed by atoms with E-state index in [9.17, 15) is 22.0 Å². The third-order valence-electron chi connectivity index (χ3n) is 2.87. The minimum Gasteiger partial charge on any atom is -0.372 e. The lowest BCUT2D eigenvalue weighted by atomic mass is 10.2. The van der Waals surface area contributed by atoms with E-state index in [1.807, 2.05) is 0 Å². The molecule has 8 heteroatoms. The molecule has 20 heavy (non-hydrogen) atoms. The molecule has 1 unspecified atom stereocenters. The molecule has 0 amide bonds. The van der Waals surface area contributed by atoms with Gasteiger partial charge in [-0.15, -0.1) is 0 Å². The van der Waals surface area contributed by atoms with Crippen LogP contribution in [0, 0.1) is 29.1 Å². The molecule has 0 saturated carbocycles. The zero-order valence-electron chi connectivity index (χ0n) is 10.5. The molecule has 0 bridgehead atoms. The molecule has 108 valence electrons. The maximum absolute atomic E-state index is 13.5. The Morgan fingerprint density at radius 2 is 1.50 bits per heavy atom. The third kappa shape index (κ3) is 2.21. The summed E-state index contributed by atoms with van der Waals surface area (Å²) < 4.78 is 67.4. The van der Waals surface area contributed by atoms with Crippen molar-refractivity contribution in [2.75, 3.05) is 5.32 Å². The number of rotatable bonds is 3. The number of halogens is 5. The molecule has 3 nitrogen and oxygen atoms in total. The maximum Gasteiger partial charge on any atom is 0.200 e. The summed E-state index contributed by atoms with van der Waals surface area (Å²) >= 11 is 0. The van der Waals surface area contributed by atoms with Crippen molar-refractivity contribution in [3.05, 3.63) is 47.0 Å². The van der Waals surface area contributed by atoms with E-state index in [2.05, 4.69) is 10.4 Å². The van der Waals surface area contributed by atoms with Crippen LogP contribution in [0.2, 0.25) is 0 Å². The minimum absolute atomic E-state index is 0.522. The van der Waals surface area contributed by atoms with Crippen molar-refractivity contribution in [2.45, 2.75) is 13.0 Å². The fourth-order valence-corrected chi connectivity index (χ4v) is 1.83. The van der Waals surface area contributed by atoms with Gasteiger partial charge in [0, 0.05) is 13.2 Å². The summed E-state index contributed by atoms with van der Waals surface area (Å²) in [7, 11) is 1.59. The molecule has 0 aliphatic rings. The van der Waals surface area contributed by atoms with Crippen LogP contribution in [-0.4, -0.2) is 9.78 Å². The Labute approximate surface area is 111 Å². The Hall–Kier alpha value is -2.12. The van der Waals surface area contributed by atoms with E-state index in [4.69, 9.17) is 0 Å². The highest BCUT2D eigenvalue weighted by Crippen LogP contribution is 2.29. The zero-order valence-corrected chi connectivity index (χ0v) is 10.5. The number of benzene rings is 1. The van der Waals surface area contributed by atoms with Gasteiger partial charge < -0.3 is 5.32 Å². The number of nitrogens with zero attached hydrogens (tertiary/aromatic N) is 2. The molecule has 1 atom stereocenters. The van der Waals surface area contributed by atoms with Gasteiger partial charge in [0.25, 0.3) is 0 Å². The smallest absolute Gasteiger partial charge is 0.200 e. The van der Waals surface area contributed by atoms with Crippen molar-refractivity contribution in [3.8, 4) is 0 Å². The van der Waals surface area contributed by atoms with Crippen LogP contribution in [0.15, 0.2) is 12.3 Å². The van der Waals surface area contributed by atoms with E-state index in [1.54, 1.807) is 13.1 Å². The second-order valence-corrected chi connectivity index (χ2v) is 4.19. The van der Waals surface area contributed by atoms with Gasteiger partial charge >= 0.3 is 0 Å². The second kappa shape index (κ2) is 5.10. The van der Waals surface area contributed by atoms with Gasteiger partial charge in [-0.25, -0.2) is 22.0 Å². The first-order valence-electron chi connectivity index (χ1n) is 5.60. The lowest BCUT2D eigenvalue weighted by Gasteiger charge is -2.17. The normalized spacial score (nSPS) is 12.6. The Kier molecular flexibility index (Phi) is 3.65. The predicted molar refractivity (Wildman–Crippen MR) is 61.5 cm³/mol. The molecule has 0 spiro atoms. The fraction of sp³-hybridized carbons (Fsp3) is 0.250. The third-order valence-corrected chi connectivity index (χ3v) is 2.87. The standard InChI is InChI=1S/C12H10F5N3/c1-5(6-3-4-18-20(6)2)19-12-10(16)8(14)7(13)9(15)11(12)17/h3-5,19H,1-2H3. The summed E-state index contributed by atoms with van der Waals surface area (Å²) in [6.07, 6.45) is 1.45. The van der Waals surface area contributed by atoms with E-state index in [0.29, 0.717) is 5.69 Å². The van der Waals surface area contributed by atoms with Crippen molar-refractivity contribution in [1.29, 1.82) is 0 Å². The molecule has 0 fully saturated rings. The Morgan fingerprint density at radius 1 is 1.00 bits per heavy atom. The first kappa shape index (κ1) is 14.3. The van der Waals surface area contributed by atoms with Crippen molar-refractivity contribution in [1.82, 2.24) is 9.78 Å². The molecule has 1 N–H and O–H groups in total. The highest BCUT2D eigenvalue weighted by Gasteiger charge is 2.27. The largest absolute Gasteiger partial charge is 0.372 e. The number of aromatic nitrogens is 2. The van der Waals surface area contributed by atoms with Crippen LogP contribution in [0.1, 0.15) is 18.7 Å². The molecule has 1 aromatic heterocycles. The Balaban J connectivity index is 2.42. The molecule has 1 heterocycles. The van der Waals surface area contributed by atoms with Crippen LogP contribution in [0.4, 0.5) is 27.6 Å². The quantitative estimate of drug-likeness (QED) is 0.534. The van der Waals surface area contributed by atoms with Gasteiger partial charge in [0.15, 0.2) is 23.3 Å². The first-order valence-corrected chi connectivity index (χ1v) is 5.60. The van der Waals surface area contributed by atoms with E-state index in [1.165, 1.54) is 17.8 Å². The van der Waals surface area contributed by atoms with Gasteiger partial charge in [-0.2, -0.15) is 5.10 Å². The van der Waals surface area contributed by atoms with E-state index in [-0.39, 0.29) is 0 Å². The van der Waals surface area contributed by atoms with E-state index < -0.39 is 40.8 Å². The second-order valence-electron chi connectivity index (χ2n) is 4.19. The van der Waals surface area contributed by atoms with Gasteiger partial charge in [0.05, 0.1) is 11.7 Å². The summed E-state index contributed by atoms with van der Waals surface area (Å²) in [5.41, 5.74) is -0.538. The predicted octanol–water partition coefficient (Wildman–Crippen LogP) is 3.29. The highest BCUT2D eigenvalue weighted by molar-refractivity contribution is 5.49. The van der Waals surface area contributed by atoms with Crippen LogP contribution in [0.5, 0.6) is 0 Å². The average Bonchev–Trinajstić information content (AvgIpc) is 2.85. The monoisotopic (exact) mass is 291 g/mol. The fourth-order valence-electron chi connectivity index (χ4n) is 1.83. The minimum atomic E-state index is -2.18. The molecule has 2 rings (SSSR count). The first-order chi connectivity index (χ1) is 9.34. The summed E-state index contributed by atoms with van der Waals surface area (Å²) in [5, 5.41) is 6.13. The molecule has 0 aliphatic heterocycles. The van der Waals surface area contributed by atoms with Crippen LogP contribution in [-0.2, 0) is 7.05 Å². The summed E-state index contributed by atoms with van der Waals surface area (Å²) in [6.45, 7) is 1.51. The summed E-state index contributed by atoms with van der Waals surface area (Å²) in [6, 6.07) is 0.861. The average molecular weight is 291 g/mol. The Bertz CT molecular complexity index is 624. The van der Waals surface area contributed by atoms with Gasteiger partial charge in [0.1, 0.15) is 5.69 Å². The van der Waals surface area contributed by atoms with Gasteiger partial charge in [-0.1, -0.05) is 0 Å². The lowest BCUT2D eigenvalue weighted by molar-refractivity contribution is 0.380. The van der Waals surface area contributed by atoms with Gasteiger partial charge in [-0.3, -0.25) is 4.68 Å². The number of aryl methyl sites for hydroxylation is 1. The van der Waals surface area contributed by atoms with Crippen molar-refractivity contribution in [3.63, 3.8) is 0 Å². The van der Waals surface area contributed by atoms with Crippen LogP contribution < -0.4 is 5.32 Å². The maximum atomic E-state index is 13.5. The topological polar surface area (TPSA) is 29.9 Å². The summed E-state index contributed by atoms with van der Waals surface area (Å²) in [4.78, 5) is 0. The van der Waals surface area contributed by atoms with Crippen LogP contribution >= 0.6 is 0 Å². The van der Waals surface area contributed by atoms with Crippen molar-refractivity contribution in [2.24, 2.45) is 7.05 Å². The highest BCUT2D eigenvalue weighted by atomic mass is 19.2. The summed E-state index contributed by atoms with van der Waals surface area (Å²) in [5.74, 6) is -9.93. The number of anilines is 1. The SMILES string of the molecule is CC(Nc1c(F)c(F)c(F)c(F)c1F)c1ccnn1C. The van der Waals surface area contributed by atoms with Crippen molar-refractivity contribution >= 4 is 5.69 Å². The number of nitrogens with one attached hydrogen (secondary N) is 1. The molecular formula is C12H10F5N3. The van der Waals surface area contributed by atoms with Crippen molar-refractivity contribution < 1.29 is 22.0 Å². The molecule has 0 aliphatic carbocycles. The molecule has 1 aromatic carbocycles. The molecular weight excluding hydrogens is 281 g/mol. The molecule has 0 saturated heterocycles. The van der Waals surface area contributed by atoms with Crippen LogP contribution in [0.25, 0.3) is 0 Å². The Morgan fingerprint density at radius 3 is 1.95 bits per heavy atom. The molecule has 0 radical (unpaired) electrons. The zero-order chi connectivity index (χ0) is 15.0.